The molecule has 0 amide bonds. The van der Waals surface area contributed by atoms with Crippen LogP contribution in [0.2, 0.25) is 0 Å². The van der Waals surface area contributed by atoms with Crippen LogP contribution in [-0.4, -0.2) is 6.04 Å². The SMILES string of the molecule is CC(N)Cc1ccc(OCc2cc(Br)cs2)cc1. The number of rotatable bonds is 5. The Morgan fingerprint density at radius 3 is 2.61 bits per heavy atom. The Morgan fingerprint density at radius 1 is 1.33 bits per heavy atom. The Bertz CT molecular complexity index is 493. The summed E-state index contributed by atoms with van der Waals surface area (Å²) in [5.74, 6) is 0.896. The zero-order chi connectivity index (χ0) is 13.0. The highest BCUT2D eigenvalue weighted by Gasteiger charge is 2.01. The molecule has 2 rings (SSSR count). The normalized spacial score (nSPS) is 12.4. The van der Waals surface area contributed by atoms with Crippen LogP contribution in [-0.2, 0) is 13.0 Å². The van der Waals surface area contributed by atoms with E-state index in [0.29, 0.717) is 6.61 Å². The molecule has 2 nitrogen and oxygen atoms in total. The lowest BCUT2D eigenvalue weighted by Crippen LogP contribution is -2.17. The molecule has 0 aliphatic carbocycles. The van der Waals surface area contributed by atoms with E-state index in [9.17, 15) is 0 Å². The molecule has 1 aromatic carbocycles. The van der Waals surface area contributed by atoms with Crippen molar-refractivity contribution >= 4 is 27.3 Å². The van der Waals surface area contributed by atoms with Gasteiger partial charge in [0, 0.05) is 20.8 Å². The monoisotopic (exact) mass is 325 g/mol. The average molecular weight is 326 g/mol. The standard InChI is InChI=1S/C14H16BrNOS/c1-10(16)6-11-2-4-13(5-3-11)17-8-14-7-12(15)9-18-14/h2-5,7,9-10H,6,8,16H2,1H3. The van der Waals surface area contributed by atoms with Crippen LogP contribution >= 0.6 is 27.3 Å². The van der Waals surface area contributed by atoms with Crippen molar-refractivity contribution in [2.24, 2.45) is 5.73 Å². The minimum Gasteiger partial charge on any atom is -0.488 e. The Hall–Kier alpha value is -0.840. The van der Waals surface area contributed by atoms with Crippen molar-refractivity contribution in [2.45, 2.75) is 26.0 Å². The summed E-state index contributed by atoms with van der Waals surface area (Å²) in [5.41, 5.74) is 7.01. The van der Waals surface area contributed by atoms with Crippen molar-refractivity contribution < 1.29 is 4.74 Å². The largest absolute Gasteiger partial charge is 0.488 e. The van der Waals surface area contributed by atoms with Crippen LogP contribution in [0.15, 0.2) is 40.2 Å². The van der Waals surface area contributed by atoms with Crippen LogP contribution < -0.4 is 10.5 Å². The maximum atomic E-state index is 5.77. The Kier molecular flexibility index (Phi) is 4.80. The van der Waals surface area contributed by atoms with Crippen LogP contribution in [0.25, 0.3) is 0 Å². The third-order valence-electron chi connectivity index (χ3n) is 2.48. The van der Waals surface area contributed by atoms with E-state index in [1.807, 2.05) is 19.1 Å². The van der Waals surface area contributed by atoms with E-state index < -0.39 is 0 Å². The van der Waals surface area contributed by atoms with Crippen LogP contribution in [0.5, 0.6) is 5.75 Å². The first-order valence-corrected chi connectivity index (χ1v) is 7.51. The van der Waals surface area contributed by atoms with E-state index in [-0.39, 0.29) is 6.04 Å². The van der Waals surface area contributed by atoms with Gasteiger partial charge in [-0.05, 0) is 53.0 Å². The molecule has 1 unspecified atom stereocenters. The summed E-state index contributed by atoms with van der Waals surface area (Å²) in [6.45, 7) is 2.63. The highest BCUT2D eigenvalue weighted by Crippen LogP contribution is 2.22. The average Bonchev–Trinajstić information content (AvgIpc) is 2.74. The lowest BCUT2D eigenvalue weighted by atomic mass is 10.1. The van der Waals surface area contributed by atoms with Crippen LogP contribution in [0.4, 0.5) is 0 Å². The first-order valence-electron chi connectivity index (χ1n) is 5.84. The Morgan fingerprint density at radius 2 is 2.06 bits per heavy atom. The van der Waals surface area contributed by atoms with E-state index in [4.69, 9.17) is 10.5 Å². The zero-order valence-corrected chi connectivity index (χ0v) is 12.6. The Balaban J connectivity index is 1.90. The second kappa shape index (κ2) is 6.36. The van der Waals surface area contributed by atoms with Gasteiger partial charge in [-0.2, -0.15) is 0 Å². The number of thiophene rings is 1. The molecule has 0 spiro atoms. The van der Waals surface area contributed by atoms with Gasteiger partial charge in [-0.3, -0.25) is 0 Å². The van der Waals surface area contributed by atoms with Gasteiger partial charge in [-0.15, -0.1) is 11.3 Å². The topological polar surface area (TPSA) is 35.2 Å². The first kappa shape index (κ1) is 13.6. The van der Waals surface area contributed by atoms with Gasteiger partial charge >= 0.3 is 0 Å². The van der Waals surface area contributed by atoms with Gasteiger partial charge in [-0.1, -0.05) is 12.1 Å². The molecule has 18 heavy (non-hydrogen) atoms. The summed E-state index contributed by atoms with van der Waals surface area (Å²) in [5, 5.41) is 2.06. The third-order valence-corrected chi connectivity index (χ3v) is 4.16. The van der Waals surface area contributed by atoms with Gasteiger partial charge in [0.25, 0.3) is 0 Å². The number of hydrogen-bond donors (Lipinski definition) is 1. The molecule has 2 N–H and O–H groups in total. The lowest BCUT2D eigenvalue weighted by molar-refractivity contribution is 0.309. The quantitative estimate of drug-likeness (QED) is 0.902. The Labute approximate surface area is 120 Å². The molecule has 0 fully saturated rings. The predicted octanol–water partition coefficient (Wildman–Crippen LogP) is 3.98. The highest BCUT2D eigenvalue weighted by molar-refractivity contribution is 9.10. The number of nitrogens with two attached hydrogens (primary N) is 1. The smallest absolute Gasteiger partial charge is 0.122 e. The molecule has 1 heterocycles. The fourth-order valence-electron chi connectivity index (χ4n) is 1.68. The molecule has 1 atom stereocenters. The molecule has 2 aromatic rings. The van der Waals surface area contributed by atoms with E-state index in [1.54, 1.807) is 11.3 Å². The summed E-state index contributed by atoms with van der Waals surface area (Å²) >= 11 is 5.13. The maximum absolute atomic E-state index is 5.77. The summed E-state index contributed by atoms with van der Waals surface area (Å²) in [4.78, 5) is 1.21. The number of hydrogen-bond acceptors (Lipinski definition) is 3. The van der Waals surface area contributed by atoms with Crippen molar-refractivity contribution in [3.8, 4) is 5.75 Å². The van der Waals surface area contributed by atoms with Crippen molar-refractivity contribution in [3.05, 3.63) is 50.6 Å². The van der Waals surface area contributed by atoms with E-state index in [1.165, 1.54) is 10.4 Å². The fourth-order valence-corrected chi connectivity index (χ4v) is 3.04. The van der Waals surface area contributed by atoms with Crippen LogP contribution in [0.1, 0.15) is 17.4 Å². The van der Waals surface area contributed by atoms with Gasteiger partial charge in [-0.25, -0.2) is 0 Å². The molecular formula is C14H16BrNOS. The highest BCUT2D eigenvalue weighted by atomic mass is 79.9. The fraction of sp³-hybridized carbons (Fsp3) is 0.286. The molecule has 0 bridgehead atoms. The molecule has 0 aliphatic heterocycles. The zero-order valence-electron chi connectivity index (χ0n) is 10.2. The first-order chi connectivity index (χ1) is 8.63. The number of benzene rings is 1. The molecular weight excluding hydrogens is 310 g/mol. The summed E-state index contributed by atoms with van der Waals surface area (Å²) in [6.07, 6.45) is 0.901. The van der Waals surface area contributed by atoms with E-state index in [0.717, 1.165) is 16.6 Å². The molecule has 0 saturated heterocycles. The second-order valence-electron chi connectivity index (χ2n) is 4.35. The van der Waals surface area contributed by atoms with Crippen molar-refractivity contribution in [1.29, 1.82) is 0 Å². The van der Waals surface area contributed by atoms with Gasteiger partial charge in [0.15, 0.2) is 0 Å². The molecule has 0 saturated carbocycles. The predicted molar refractivity (Wildman–Crippen MR) is 80.1 cm³/mol. The molecule has 0 radical (unpaired) electrons. The minimum absolute atomic E-state index is 0.195. The number of halogens is 1. The van der Waals surface area contributed by atoms with Gasteiger partial charge in [0.1, 0.15) is 12.4 Å². The summed E-state index contributed by atoms with van der Waals surface area (Å²) in [7, 11) is 0. The van der Waals surface area contributed by atoms with Crippen molar-refractivity contribution in [1.82, 2.24) is 0 Å². The van der Waals surface area contributed by atoms with Crippen LogP contribution in [0.3, 0.4) is 0 Å². The van der Waals surface area contributed by atoms with E-state index >= 15 is 0 Å². The molecule has 1 aromatic heterocycles. The van der Waals surface area contributed by atoms with Gasteiger partial charge < -0.3 is 10.5 Å². The van der Waals surface area contributed by atoms with Crippen molar-refractivity contribution in [3.63, 3.8) is 0 Å². The second-order valence-corrected chi connectivity index (χ2v) is 6.26. The molecule has 96 valence electrons. The molecule has 4 heteroatoms. The minimum atomic E-state index is 0.195. The lowest BCUT2D eigenvalue weighted by Gasteiger charge is -2.07. The van der Waals surface area contributed by atoms with Crippen molar-refractivity contribution in [2.75, 3.05) is 0 Å². The number of ether oxygens (including phenoxy) is 1. The third kappa shape index (κ3) is 4.12. The molecule has 0 aliphatic rings. The van der Waals surface area contributed by atoms with Crippen LogP contribution in [0, 0.1) is 0 Å². The van der Waals surface area contributed by atoms with Gasteiger partial charge in [0.05, 0.1) is 0 Å². The maximum Gasteiger partial charge on any atom is 0.122 e. The van der Waals surface area contributed by atoms with Gasteiger partial charge in [0.2, 0.25) is 0 Å². The summed E-state index contributed by atoms with van der Waals surface area (Å²) in [6, 6.07) is 10.4. The van der Waals surface area contributed by atoms with E-state index in [2.05, 4.69) is 39.5 Å². The summed E-state index contributed by atoms with van der Waals surface area (Å²) < 4.78 is 6.83.